The van der Waals surface area contributed by atoms with Crippen molar-refractivity contribution in [3.8, 4) is 0 Å². The van der Waals surface area contributed by atoms with Crippen LogP contribution < -0.4 is 5.32 Å². The number of nitrogens with one attached hydrogen (secondary N) is 1. The van der Waals surface area contributed by atoms with Crippen molar-refractivity contribution in [1.29, 1.82) is 0 Å². The Morgan fingerprint density at radius 1 is 1.35 bits per heavy atom. The van der Waals surface area contributed by atoms with Crippen molar-refractivity contribution in [2.75, 3.05) is 52.6 Å². The van der Waals surface area contributed by atoms with E-state index in [4.69, 9.17) is 14.2 Å². The minimum Gasteiger partial charge on any atom is -0.466 e. The molecule has 4 heterocycles. The number of ether oxygens (including phenoxy) is 3. The number of rotatable bonds is 8. The van der Waals surface area contributed by atoms with E-state index in [9.17, 15) is 19.5 Å². The predicted molar refractivity (Wildman–Crippen MR) is 108 cm³/mol. The molecule has 0 aromatic carbocycles. The lowest BCUT2D eigenvalue weighted by Gasteiger charge is -2.35. The molecule has 0 aromatic rings. The fourth-order valence-electron chi connectivity index (χ4n) is 5.72. The van der Waals surface area contributed by atoms with Crippen LogP contribution in [0.4, 0.5) is 0 Å². The van der Waals surface area contributed by atoms with Crippen molar-refractivity contribution in [3.05, 3.63) is 0 Å². The van der Waals surface area contributed by atoms with Crippen LogP contribution in [0, 0.1) is 11.8 Å². The van der Waals surface area contributed by atoms with Gasteiger partial charge in [-0.2, -0.15) is 0 Å². The molecule has 4 rings (SSSR count). The third-order valence-electron chi connectivity index (χ3n) is 7.12. The summed E-state index contributed by atoms with van der Waals surface area (Å²) >= 11 is 0. The number of carbonyl (C=O) groups excluding carboxylic acids is 3. The van der Waals surface area contributed by atoms with E-state index in [1.165, 1.54) is 4.90 Å². The van der Waals surface area contributed by atoms with Crippen molar-refractivity contribution < 1.29 is 33.7 Å². The second kappa shape index (κ2) is 9.01. The van der Waals surface area contributed by atoms with Crippen LogP contribution in [0.3, 0.4) is 0 Å². The summed E-state index contributed by atoms with van der Waals surface area (Å²) in [6.45, 7) is 7.51. The number of hydrogen-bond donors (Lipinski definition) is 2. The fourth-order valence-corrected chi connectivity index (χ4v) is 5.72. The number of aliphatic hydroxyl groups excluding tert-OH is 1. The lowest BCUT2D eigenvalue weighted by molar-refractivity contribution is -0.155. The monoisotopic (exact) mass is 439 g/mol. The molecule has 2 N–H and O–H groups in total. The average molecular weight is 440 g/mol. The van der Waals surface area contributed by atoms with Crippen LogP contribution in [0.1, 0.15) is 26.7 Å². The van der Waals surface area contributed by atoms with Crippen LogP contribution in [0.5, 0.6) is 0 Å². The summed E-state index contributed by atoms with van der Waals surface area (Å²) in [5.41, 5.74) is -1.05. The van der Waals surface area contributed by atoms with Crippen molar-refractivity contribution in [2.24, 2.45) is 11.8 Å². The maximum absolute atomic E-state index is 13.5. The molecule has 0 radical (unpaired) electrons. The Balaban J connectivity index is 1.54. The molecule has 4 aliphatic rings. The largest absolute Gasteiger partial charge is 0.466 e. The lowest BCUT2D eigenvalue weighted by atomic mass is 9.71. The van der Waals surface area contributed by atoms with Gasteiger partial charge in [0.25, 0.3) is 0 Å². The smallest absolute Gasteiger partial charge is 0.312 e. The molecule has 4 aliphatic heterocycles. The first kappa shape index (κ1) is 22.4. The molecule has 174 valence electrons. The predicted octanol–water partition coefficient (Wildman–Crippen LogP) is -1.25. The third-order valence-corrected chi connectivity index (χ3v) is 7.12. The van der Waals surface area contributed by atoms with E-state index in [0.717, 1.165) is 13.1 Å². The number of hydrogen-bond acceptors (Lipinski definition) is 8. The lowest BCUT2D eigenvalue weighted by Crippen LogP contribution is -2.58. The van der Waals surface area contributed by atoms with Crippen molar-refractivity contribution in [1.82, 2.24) is 15.1 Å². The van der Waals surface area contributed by atoms with Crippen molar-refractivity contribution in [2.45, 2.75) is 50.5 Å². The summed E-state index contributed by atoms with van der Waals surface area (Å²) in [4.78, 5) is 43.1. The number of carbonyl (C=O) groups is 3. The molecule has 2 amide bonds. The van der Waals surface area contributed by atoms with E-state index >= 15 is 0 Å². The number of fused-ring (bicyclic) bond motifs is 1. The minimum absolute atomic E-state index is 0.220. The van der Waals surface area contributed by atoms with Gasteiger partial charge >= 0.3 is 5.97 Å². The van der Waals surface area contributed by atoms with Crippen LogP contribution in [-0.2, 0) is 28.6 Å². The highest BCUT2D eigenvalue weighted by Crippen LogP contribution is 2.58. The average Bonchev–Trinajstić information content (AvgIpc) is 3.41. The molecule has 31 heavy (non-hydrogen) atoms. The van der Waals surface area contributed by atoms with E-state index < -0.39 is 41.6 Å². The van der Waals surface area contributed by atoms with E-state index in [2.05, 4.69) is 10.2 Å². The number of likely N-dealkylation sites (tertiary alicyclic amines) is 1. The molecular weight excluding hydrogens is 406 g/mol. The standard InChI is InChI=1S/C21H33N3O7/c1-3-30-20(28)15-14-4-5-21(31-14)16(15)19(27)24(13(2)12-25)17(21)18(26)22-6-7-23-8-10-29-11-9-23/h13-17,25H,3-12H2,1-2H3,(H,22,26)/t13-,14+,15-,16+,17?,21?/m1/s1. The molecule has 10 heteroatoms. The zero-order chi connectivity index (χ0) is 22.2. The van der Waals surface area contributed by atoms with Crippen molar-refractivity contribution >= 4 is 17.8 Å². The number of aliphatic hydroxyl groups is 1. The quantitative estimate of drug-likeness (QED) is 0.451. The van der Waals surface area contributed by atoms with E-state index in [1.54, 1.807) is 13.8 Å². The van der Waals surface area contributed by atoms with Gasteiger partial charge < -0.3 is 29.5 Å². The van der Waals surface area contributed by atoms with Gasteiger partial charge in [0.05, 0.1) is 50.4 Å². The molecule has 1 spiro atoms. The van der Waals surface area contributed by atoms with Crippen LogP contribution in [0.2, 0.25) is 0 Å². The Kier molecular flexibility index (Phi) is 6.52. The minimum atomic E-state index is -1.05. The molecule has 2 bridgehead atoms. The fraction of sp³-hybridized carbons (Fsp3) is 0.857. The highest BCUT2D eigenvalue weighted by molar-refractivity contribution is 5.98. The van der Waals surface area contributed by atoms with Crippen LogP contribution in [0.25, 0.3) is 0 Å². The SMILES string of the molecule is CCOC(=O)[C@@H]1[C@@H]2CCC3(O2)C(C(=O)NCCN2CCOCC2)N([C@H](C)CO)C(=O)[C@H]13. The summed E-state index contributed by atoms with van der Waals surface area (Å²) < 4.78 is 16.8. The van der Waals surface area contributed by atoms with Gasteiger partial charge in [0.15, 0.2) is 0 Å². The zero-order valence-corrected chi connectivity index (χ0v) is 18.2. The maximum atomic E-state index is 13.5. The Hall–Kier alpha value is -1.75. The van der Waals surface area contributed by atoms with Gasteiger partial charge in [0, 0.05) is 26.2 Å². The van der Waals surface area contributed by atoms with Gasteiger partial charge in [-0.15, -0.1) is 0 Å². The van der Waals surface area contributed by atoms with E-state index in [-0.39, 0.29) is 25.0 Å². The van der Waals surface area contributed by atoms with Gasteiger partial charge in [0.2, 0.25) is 11.8 Å². The molecule has 0 aliphatic carbocycles. The highest BCUT2D eigenvalue weighted by atomic mass is 16.6. The summed E-state index contributed by atoms with van der Waals surface area (Å²) in [7, 11) is 0. The molecule has 6 atom stereocenters. The maximum Gasteiger partial charge on any atom is 0.312 e. The Bertz CT molecular complexity index is 713. The van der Waals surface area contributed by atoms with Crippen LogP contribution in [-0.4, -0.2) is 109 Å². The van der Waals surface area contributed by atoms with Crippen LogP contribution in [0.15, 0.2) is 0 Å². The molecule has 0 aromatic heterocycles. The molecular formula is C21H33N3O7. The highest BCUT2D eigenvalue weighted by Gasteiger charge is 2.75. The Labute approximate surface area is 182 Å². The first-order valence-electron chi connectivity index (χ1n) is 11.3. The first-order chi connectivity index (χ1) is 14.9. The third kappa shape index (κ3) is 3.73. The summed E-state index contributed by atoms with van der Waals surface area (Å²) in [6, 6.07) is -1.44. The Morgan fingerprint density at radius 2 is 2.10 bits per heavy atom. The molecule has 0 saturated carbocycles. The summed E-state index contributed by atoms with van der Waals surface area (Å²) in [5, 5.41) is 12.7. The number of nitrogens with zero attached hydrogens (tertiary/aromatic N) is 2. The Morgan fingerprint density at radius 3 is 2.77 bits per heavy atom. The summed E-state index contributed by atoms with van der Waals surface area (Å²) in [6.07, 6.45) is 0.718. The summed E-state index contributed by atoms with van der Waals surface area (Å²) in [5.74, 6) is -2.52. The molecule has 2 unspecified atom stereocenters. The second-order valence-corrected chi connectivity index (χ2v) is 8.83. The zero-order valence-electron chi connectivity index (χ0n) is 18.2. The van der Waals surface area contributed by atoms with Gasteiger partial charge in [0.1, 0.15) is 11.6 Å². The number of esters is 1. The molecule has 4 fully saturated rings. The van der Waals surface area contributed by atoms with E-state index in [1.807, 2.05) is 0 Å². The molecule has 4 saturated heterocycles. The first-order valence-corrected chi connectivity index (χ1v) is 11.3. The van der Waals surface area contributed by atoms with E-state index in [0.29, 0.717) is 39.1 Å². The van der Waals surface area contributed by atoms with Crippen molar-refractivity contribution in [3.63, 3.8) is 0 Å². The normalized spacial score (nSPS) is 35.8. The number of amides is 2. The topological polar surface area (TPSA) is 118 Å². The van der Waals surface area contributed by atoms with Gasteiger partial charge in [-0.1, -0.05) is 0 Å². The van der Waals surface area contributed by atoms with Gasteiger partial charge in [-0.3, -0.25) is 19.3 Å². The van der Waals surface area contributed by atoms with Crippen LogP contribution >= 0.6 is 0 Å². The van der Waals surface area contributed by atoms with Gasteiger partial charge in [-0.25, -0.2) is 0 Å². The second-order valence-electron chi connectivity index (χ2n) is 8.83. The molecule has 10 nitrogen and oxygen atoms in total. The van der Waals surface area contributed by atoms with Gasteiger partial charge in [-0.05, 0) is 26.7 Å². The number of morpholine rings is 1.